The van der Waals surface area contributed by atoms with Gasteiger partial charge in [-0.15, -0.1) is 11.3 Å². The lowest BCUT2D eigenvalue weighted by molar-refractivity contribution is 0.149. The molecule has 0 aliphatic carbocycles. The number of sulfonamides is 1. The molecule has 0 aliphatic rings. The average Bonchev–Trinajstić information content (AvgIpc) is 2.77. The highest BCUT2D eigenvalue weighted by atomic mass is 32.2. The van der Waals surface area contributed by atoms with Gasteiger partial charge in [0.25, 0.3) is 10.0 Å². The zero-order valence-electron chi connectivity index (χ0n) is 13.6. The summed E-state index contributed by atoms with van der Waals surface area (Å²) in [5, 5.41) is 3.32. The van der Waals surface area contributed by atoms with E-state index in [4.69, 9.17) is 4.74 Å². The highest BCUT2D eigenvalue weighted by Crippen LogP contribution is 2.28. The van der Waals surface area contributed by atoms with Crippen molar-refractivity contribution in [3.63, 3.8) is 0 Å². The molecule has 0 saturated carbocycles. The first-order valence-corrected chi connectivity index (χ1v) is 9.25. The summed E-state index contributed by atoms with van der Waals surface area (Å²) in [7, 11) is -0.288. The van der Waals surface area contributed by atoms with E-state index >= 15 is 0 Å². The van der Waals surface area contributed by atoms with E-state index in [0.717, 1.165) is 10.4 Å². The van der Waals surface area contributed by atoms with E-state index in [1.54, 1.807) is 20.2 Å². The Balaban J connectivity index is 2.96. The molecule has 0 aromatic carbocycles. The fourth-order valence-corrected chi connectivity index (χ4v) is 4.89. The number of aryl methyl sites for hydroxylation is 1. The Bertz CT molecular complexity index is 553. The maximum Gasteiger partial charge on any atom is 0.252 e. The predicted octanol–water partition coefficient (Wildman–Crippen LogP) is 2.21. The molecule has 0 fully saturated rings. The minimum absolute atomic E-state index is 0.195. The molecular weight excluding hydrogens is 308 g/mol. The zero-order chi connectivity index (χ0) is 16.2. The van der Waals surface area contributed by atoms with E-state index in [1.165, 1.54) is 15.6 Å². The first kappa shape index (κ1) is 18.6. The minimum atomic E-state index is -3.46. The first-order valence-electron chi connectivity index (χ1n) is 6.99. The van der Waals surface area contributed by atoms with Crippen LogP contribution in [0.15, 0.2) is 10.3 Å². The number of methoxy groups -OCH3 is 1. The summed E-state index contributed by atoms with van der Waals surface area (Å²) < 4.78 is 32.0. The van der Waals surface area contributed by atoms with E-state index < -0.39 is 10.0 Å². The summed E-state index contributed by atoms with van der Waals surface area (Å²) in [6.45, 7) is 9.00. The average molecular weight is 335 g/mol. The molecule has 21 heavy (non-hydrogen) atoms. The third-order valence-corrected chi connectivity index (χ3v) is 6.99. The standard InChI is InChI=1S/C14H26N2O3S2/c1-10(2)15-8-13-11(3)7-14(20-13)21(17,18)16(5)12(4)9-19-6/h7,10,12,15H,8-9H2,1-6H3. The van der Waals surface area contributed by atoms with Gasteiger partial charge in [0.05, 0.1) is 6.61 Å². The topological polar surface area (TPSA) is 58.6 Å². The summed E-state index contributed by atoms with van der Waals surface area (Å²) in [6, 6.07) is 1.93. The molecule has 1 atom stereocenters. The second-order valence-corrected chi connectivity index (χ2v) is 8.89. The molecule has 1 N–H and O–H groups in total. The SMILES string of the molecule is COCC(C)N(C)S(=O)(=O)c1cc(C)c(CNC(C)C)s1. The van der Waals surface area contributed by atoms with Gasteiger partial charge >= 0.3 is 0 Å². The van der Waals surface area contributed by atoms with Crippen molar-refractivity contribution in [1.29, 1.82) is 0 Å². The van der Waals surface area contributed by atoms with Crippen LogP contribution in [0.1, 0.15) is 31.2 Å². The molecule has 7 heteroatoms. The highest BCUT2D eigenvalue weighted by Gasteiger charge is 2.27. The number of likely N-dealkylation sites (N-methyl/N-ethyl adjacent to an activating group) is 1. The summed E-state index contributed by atoms with van der Waals surface area (Å²) in [4.78, 5) is 1.06. The van der Waals surface area contributed by atoms with Gasteiger partial charge in [0.2, 0.25) is 0 Å². The molecule has 1 heterocycles. The third kappa shape index (κ3) is 4.75. The number of rotatable bonds is 8. The van der Waals surface area contributed by atoms with E-state index in [0.29, 0.717) is 23.4 Å². The van der Waals surface area contributed by atoms with Gasteiger partial charge in [-0.25, -0.2) is 8.42 Å². The molecule has 0 amide bonds. The fourth-order valence-electron chi connectivity index (χ4n) is 1.81. The summed E-state index contributed by atoms with van der Waals surface area (Å²) in [6.07, 6.45) is 0. The van der Waals surface area contributed by atoms with E-state index in [2.05, 4.69) is 19.2 Å². The summed E-state index contributed by atoms with van der Waals surface area (Å²) in [5.74, 6) is 0. The van der Waals surface area contributed by atoms with Crippen molar-refractivity contribution < 1.29 is 13.2 Å². The van der Waals surface area contributed by atoms with Crippen molar-refractivity contribution in [2.75, 3.05) is 20.8 Å². The van der Waals surface area contributed by atoms with Crippen LogP contribution in [0, 0.1) is 6.92 Å². The lowest BCUT2D eigenvalue weighted by Gasteiger charge is -2.22. The van der Waals surface area contributed by atoms with Crippen molar-refractivity contribution in [2.24, 2.45) is 0 Å². The minimum Gasteiger partial charge on any atom is -0.383 e. The lowest BCUT2D eigenvalue weighted by atomic mass is 10.3. The van der Waals surface area contributed by atoms with Crippen molar-refractivity contribution in [2.45, 2.75) is 50.5 Å². The van der Waals surface area contributed by atoms with Gasteiger partial charge in [0, 0.05) is 37.7 Å². The van der Waals surface area contributed by atoms with Gasteiger partial charge in [-0.2, -0.15) is 4.31 Å². The maximum atomic E-state index is 12.6. The van der Waals surface area contributed by atoms with E-state index in [9.17, 15) is 8.42 Å². The number of nitrogens with zero attached hydrogens (tertiary/aromatic N) is 1. The number of hydrogen-bond acceptors (Lipinski definition) is 5. The highest BCUT2D eigenvalue weighted by molar-refractivity contribution is 7.91. The second kappa shape index (κ2) is 7.69. The summed E-state index contributed by atoms with van der Waals surface area (Å²) >= 11 is 1.34. The molecule has 1 rings (SSSR count). The van der Waals surface area contributed by atoms with Crippen LogP contribution < -0.4 is 5.32 Å². The van der Waals surface area contributed by atoms with Crippen LogP contribution in [0.5, 0.6) is 0 Å². The van der Waals surface area contributed by atoms with Crippen LogP contribution in [0.2, 0.25) is 0 Å². The number of thiophene rings is 1. The molecule has 1 unspecified atom stereocenters. The van der Waals surface area contributed by atoms with Crippen LogP contribution in [0.4, 0.5) is 0 Å². The Kier molecular flexibility index (Phi) is 6.80. The monoisotopic (exact) mass is 334 g/mol. The fraction of sp³-hybridized carbons (Fsp3) is 0.714. The smallest absolute Gasteiger partial charge is 0.252 e. The molecule has 0 spiro atoms. The number of ether oxygens (including phenoxy) is 1. The number of nitrogens with one attached hydrogen (secondary N) is 1. The largest absolute Gasteiger partial charge is 0.383 e. The Morgan fingerprint density at radius 2 is 2.00 bits per heavy atom. The van der Waals surface area contributed by atoms with Crippen LogP contribution in [0.3, 0.4) is 0 Å². The van der Waals surface area contributed by atoms with Gasteiger partial charge in [0.15, 0.2) is 0 Å². The van der Waals surface area contributed by atoms with Gasteiger partial charge in [-0.3, -0.25) is 0 Å². The molecule has 5 nitrogen and oxygen atoms in total. The van der Waals surface area contributed by atoms with Crippen LogP contribution in [-0.2, 0) is 21.3 Å². The van der Waals surface area contributed by atoms with Gasteiger partial charge in [0.1, 0.15) is 4.21 Å². The molecule has 1 aromatic heterocycles. The van der Waals surface area contributed by atoms with Crippen LogP contribution in [0.25, 0.3) is 0 Å². The molecule has 1 aromatic rings. The Labute approximate surface area is 132 Å². The van der Waals surface area contributed by atoms with Crippen molar-refractivity contribution >= 4 is 21.4 Å². The zero-order valence-corrected chi connectivity index (χ0v) is 15.3. The normalized spacial score (nSPS) is 14.1. The van der Waals surface area contributed by atoms with Gasteiger partial charge in [-0.05, 0) is 25.5 Å². The molecule has 0 saturated heterocycles. The molecule has 0 aliphatic heterocycles. The second-order valence-electron chi connectivity index (χ2n) is 5.53. The maximum absolute atomic E-state index is 12.6. The Morgan fingerprint density at radius 3 is 2.52 bits per heavy atom. The van der Waals surface area contributed by atoms with Crippen molar-refractivity contribution in [1.82, 2.24) is 9.62 Å². The summed E-state index contributed by atoms with van der Waals surface area (Å²) in [5.41, 5.74) is 1.01. The number of hydrogen-bond donors (Lipinski definition) is 1. The predicted molar refractivity (Wildman–Crippen MR) is 87.3 cm³/mol. The Morgan fingerprint density at radius 1 is 1.38 bits per heavy atom. The molecule has 0 bridgehead atoms. The van der Waals surface area contributed by atoms with Gasteiger partial charge < -0.3 is 10.1 Å². The molecular formula is C14H26N2O3S2. The lowest BCUT2D eigenvalue weighted by Crippen LogP contribution is -2.37. The molecule has 0 radical (unpaired) electrons. The van der Waals surface area contributed by atoms with Gasteiger partial charge in [-0.1, -0.05) is 13.8 Å². The third-order valence-electron chi connectivity index (χ3n) is 3.33. The Hall–Kier alpha value is -0.470. The van der Waals surface area contributed by atoms with E-state index in [-0.39, 0.29) is 6.04 Å². The first-order chi connectivity index (χ1) is 9.70. The quantitative estimate of drug-likeness (QED) is 0.792. The van der Waals surface area contributed by atoms with E-state index in [1.807, 2.05) is 13.8 Å². The van der Waals surface area contributed by atoms with Crippen LogP contribution >= 0.6 is 11.3 Å². The van der Waals surface area contributed by atoms with Crippen LogP contribution in [-0.4, -0.2) is 45.6 Å². The van der Waals surface area contributed by atoms with Crippen molar-refractivity contribution in [3.05, 3.63) is 16.5 Å². The molecule has 122 valence electrons. The van der Waals surface area contributed by atoms with Crippen molar-refractivity contribution in [3.8, 4) is 0 Å².